The fourth-order valence-corrected chi connectivity index (χ4v) is 4.51. The van der Waals surface area contributed by atoms with Crippen LogP contribution in [0.15, 0.2) is 18.2 Å². The summed E-state index contributed by atoms with van der Waals surface area (Å²) in [5.41, 5.74) is 7.78. The summed E-state index contributed by atoms with van der Waals surface area (Å²) in [5, 5.41) is 3.00. The van der Waals surface area contributed by atoms with E-state index in [0.717, 1.165) is 31.2 Å². The lowest BCUT2D eigenvalue weighted by Gasteiger charge is -2.43. The molecule has 0 heterocycles. The Labute approximate surface area is 162 Å². The Morgan fingerprint density at radius 2 is 1.92 bits per heavy atom. The van der Waals surface area contributed by atoms with Crippen LogP contribution in [0, 0.1) is 23.6 Å². The van der Waals surface area contributed by atoms with Crippen molar-refractivity contribution >= 4 is 18.3 Å². The maximum absolute atomic E-state index is 14.1. The Balaban J connectivity index is 0.00000243. The van der Waals surface area contributed by atoms with E-state index in [2.05, 4.69) is 5.32 Å². The average Bonchev–Trinajstić information content (AvgIpc) is 2.54. The number of hydrogen-bond donors (Lipinski definition) is 2. The number of nitrogens with two attached hydrogens (primary N) is 1. The molecule has 146 valence electrons. The zero-order valence-electron chi connectivity index (χ0n) is 15.7. The minimum atomic E-state index is -0.210. The summed E-state index contributed by atoms with van der Waals surface area (Å²) >= 11 is 0. The molecule has 0 aromatic heterocycles. The van der Waals surface area contributed by atoms with Gasteiger partial charge >= 0.3 is 0 Å². The van der Waals surface area contributed by atoms with Gasteiger partial charge in [0.05, 0.1) is 0 Å². The molecule has 0 spiro atoms. The van der Waals surface area contributed by atoms with Crippen molar-refractivity contribution in [2.45, 2.75) is 51.2 Å². The number of rotatable bonds is 5. The zero-order valence-corrected chi connectivity index (χ0v) is 16.5. The monoisotopic (exact) mass is 383 g/mol. The number of carbonyl (C=O) groups is 1. The van der Waals surface area contributed by atoms with Crippen LogP contribution in [0.25, 0.3) is 0 Å². The van der Waals surface area contributed by atoms with Crippen molar-refractivity contribution in [3.05, 3.63) is 35.1 Å². The molecule has 0 radical (unpaired) electrons. The second-order valence-corrected chi connectivity index (χ2v) is 8.08. The van der Waals surface area contributed by atoms with Gasteiger partial charge in [-0.2, -0.15) is 0 Å². The number of hydrogen-bond acceptors (Lipinski definition) is 3. The Hall–Kier alpha value is -1.17. The molecule has 2 atom stereocenters. The Morgan fingerprint density at radius 1 is 1.27 bits per heavy atom. The number of nitrogens with one attached hydrogen (secondary N) is 1. The van der Waals surface area contributed by atoms with Gasteiger partial charge in [-0.05, 0) is 63.2 Å². The molecule has 4 nitrogen and oxygen atoms in total. The van der Waals surface area contributed by atoms with E-state index >= 15 is 0 Å². The smallest absolute Gasteiger partial charge is 0.223 e. The first-order chi connectivity index (χ1) is 11.9. The first-order valence-corrected chi connectivity index (χ1v) is 9.39. The summed E-state index contributed by atoms with van der Waals surface area (Å²) in [5.74, 6) is 0.935. The lowest BCUT2D eigenvalue weighted by molar-refractivity contribution is -0.128. The fraction of sp³-hybridized carbons (Fsp3) is 0.650. The van der Waals surface area contributed by atoms with E-state index in [1.807, 2.05) is 25.1 Å². The van der Waals surface area contributed by atoms with Crippen molar-refractivity contribution in [2.75, 3.05) is 14.1 Å². The van der Waals surface area contributed by atoms with Crippen molar-refractivity contribution in [1.29, 1.82) is 0 Å². The van der Waals surface area contributed by atoms with Gasteiger partial charge in [0.25, 0.3) is 0 Å². The normalized spacial score (nSPS) is 27.7. The zero-order chi connectivity index (χ0) is 18.0. The van der Waals surface area contributed by atoms with Gasteiger partial charge in [0, 0.05) is 30.6 Å². The van der Waals surface area contributed by atoms with Crippen LogP contribution in [0.1, 0.15) is 43.2 Å². The van der Waals surface area contributed by atoms with E-state index < -0.39 is 0 Å². The topological polar surface area (TPSA) is 58.4 Å². The molecule has 0 saturated heterocycles. The van der Waals surface area contributed by atoms with Gasteiger partial charge < -0.3 is 16.0 Å². The molecule has 0 aliphatic heterocycles. The van der Waals surface area contributed by atoms with Crippen LogP contribution in [-0.4, -0.2) is 30.9 Å². The maximum Gasteiger partial charge on any atom is 0.223 e. The van der Waals surface area contributed by atoms with Crippen molar-refractivity contribution in [3.63, 3.8) is 0 Å². The van der Waals surface area contributed by atoms with Gasteiger partial charge in [-0.3, -0.25) is 4.79 Å². The van der Waals surface area contributed by atoms with Gasteiger partial charge in [-0.1, -0.05) is 18.6 Å². The van der Waals surface area contributed by atoms with Crippen LogP contribution < -0.4 is 11.1 Å². The Morgan fingerprint density at radius 3 is 2.50 bits per heavy atom. The Bertz CT molecular complexity index is 611. The molecule has 2 unspecified atom stereocenters. The van der Waals surface area contributed by atoms with Gasteiger partial charge in [0.2, 0.25) is 5.91 Å². The van der Waals surface area contributed by atoms with Crippen molar-refractivity contribution in [1.82, 2.24) is 10.2 Å². The lowest BCUT2D eigenvalue weighted by Crippen LogP contribution is -2.49. The van der Waals surface area contributed by atoms with E-state index in [0.29, 0.717) is 30.5 Å². The molecule has 3 N–H and O–H groups in total. The molecule has 2 aliphatic carbocycles. The highest BCUT2D eigenvalue weighted by molar-refractivity contribution is 5.85. The van der Waals surface area contributed by atoms with E-state index in [1.54, 1.807) is 6.07 Å². The number of fused-ring (bicyclic) bond motifs is 2. The number of nitrogens with zero attached hydrogens (tertiary/aromatic N) is 1. The number of carbonyl (C=O) groups excluding carboxylic acids is 1. The molecular formula is C20H31ClFN3O. The van der Waals surface area contributed by atoms with Crippen LogP contribution in [0.4, 0.5) is 4.39 Å². The molecule has 1 aromatic rings. The minimum absolute atomic E-state index is 0. The van der Waals surface area contributed by atoms with E-state index in [9.17, 15) is 9.18 Å². The van der Waals surface area contributed by atoms with Crippen molar-refractivity contribution < 1.29 is 9.18 Å². The first kappa shape index (κ1) is 21.1. The predicted octanol–water partition coefficient (Wildman–Crippen LogP) is 3.08. The SMILES string of the molecule is CN(C)Cc1ccc(CNC(=O)C2CC3CCCC(C2)C3N)cc1F.Cl. The third kappa shape index (κ3) is 4.96. The van der Waals surface area contributed by atoms with Gasteiger partial charge in [-0.15, -0.1) is 12.4 Å². The fourth-order valence-electron chi connectivity index (χ4n) is 4.51. The molecule has 3 rings (SSSR count). The van der Waals surface area contributed by atoms with E-state index in [1.165, 1.54) is 12.5 Å². The van der Waals surface area contributed by atoms with Crippen LogP contribution in [0.2, 0.25) is 0 Å². The molecular weight excluding hydrogens is 353 g/mol. The molecule has 6 heteroatoms. The highest BCUT2D eigenvalue weighted by Crippen LogP contribution is 2.41. The van der Waals surface area contributed by atoms with E-state index in [4.69, 9.17) is 5.73 Å². The highest BCUT2D eigenvalue weighted by atomic mass is 35.5. The van der Waals surface area contributed by atoms with Crippen molar-refractivity contribution in [3.8, 4) is 0 Å². The summed E-state index contributed by atoms with van der Waals surface area (Å²) in [6, 6.07) is 5.51. The minimum Gasteiger partial charge on any atom is -0.352 e. The molecule has 1 aromatic carbocycles. The molecule has 1 amide bonds. The predicted molar refractivity (Wildman–Crippen MR) is 104 cm³/mol. The summed E-state index contributed by atoms with van der Waals surface area (Å²) in [4.78, 5) is 14.5. The summed E-state index contributed by atoms with van der Waals surface area (Å²) in [6.45, 7) is 0.958. The second-order valence-electron chi connectivity index (χ2n) is 8.08. The van der Waals surface area contributed by atoms with Gasteiger partial charge in [0.15, 0.2) is 0 Å². The van der Waals surface area contributed by atoms with Crippen LogP contribution in [0.5, 0.6) is 0 Å². The molecule has 2 fully saturated rings. The van der Waals surface area contributed by atoms with Crippen LogP contribution >= 0.6 is 12.4 Å². The molecule has 2 bridgehead atoms. The average molecular weight is 384 g/mol. The number of amides is 1. The van der Waals surface area contributed by atoms with Crippen molar-refractivity contribution in [2.24, 2.45) is 23.5 Å². The van der Waals surface area contributed by atoms with E-state index in [-0.39, 0.29) is 36.1 Å². The summed E-state index contributed by atoms with van der Waals surface area (Å²) in [7, 11) is 3.83. The largest absolute Gasteiger partial charge is 0.352 e. The summed E-state index contributed by atoms with van der Waals surface area (Å²) < 4.78 is 14.1. The highest BCUT2D eigenvalue weighted by Gasteiger charge is 2.40. The van der Waals surface area contributed by atoms with Gasteiger partial charge in [-0.25, -0.2) is 4.39 Å². The maximum atomic E-state index is 14.1. The summed E-state index contributed by atoms with van der Waals surface area (Å²) in [6.07, 6.45) is 5.36. The molecule has 26 heavy (non-hydrogen) atoms. The second kappa shape index (κ2) is 9.16. The van der Waals surface area contributed by atoms with Gasteiger partial charge in [0.1, 0.15) is 5.82 Å². The lowest BCUT2D eigenvalue weighted by atomic mass is 9.65. The first-order valence-electron chi connectivity index (χ1n) is 9.39. The van der Waals surface area contributed by atoms with Crippen LogP contribution in [0.3, 0.4) is 0 Å². The standard InChI is InChI=1S/C20H30FN3O.ClH/c1-24(2)12-16-7-6-13(8-18(16)21)11-23-20(25)17-9-14-4-3-5-15(10-17)19(14)22;/h6-8,14-15,17,19H,3-5,9-12,22H2,1-2H3,(H,23,25);1H. The van der Waals surface area contributed by atoms with Crippen LogP contribution in [-0.2, 0) is 17.9 Å². The molecule has 2 saturated carbocycles. The Kier molecular flexibility index (Phi) is 7.44. The number of halogens is 2. The third-order valence-electron chi connectivity index (χ3n) is 5.85. The number of benzene rings is 1. The quantitative estimate of drug-likeness (QED) is 0.821. The molecule has 2 aliphatic rings. The third-order valence-corrected chi connectivity index (χ3v) is 5.85.